The Morgan fingerprint density at radius 3 is 2.65 bits per heavy atom. The number of hydrogen-bond acceptors (Lipinski definition) is 9. The van der Waals surface area contributed by atoms with Crippen LogP contribution in [0.2, 0.25) is 0 Å². The van der Waals surface area contributed by atoms with Crippen molar-refractivity contribution in [1.29, 1.82) is 0 Å². The lowest BCUT2D eigenvalue weighted by molar-refractivity contribution is -0.121. The summed E-state index contributed by atoms with van der Waals surface area (Å²) in [5.41, 5.74) is 2.89. The van der Waals surface area contributed by atoms with Crippen LogP contribution in [0.3, 0.4) is 0 Å². The van der Waals surface area contributed by atoms with E-state index in [1.54, 1.807) is 23.7 Å². The van der Waals surface area contributed by atoms with Crippen LogP contribution >= 0.6 is 24.0 Å². The number of likely N-dealkylation sites (N-methyl/N-ethyl adjacent to an activating group) is 1. The Labute approximate surface area is 223 Å². The number of aryl methyl sites for hydroxylation is 1. The monoisotopic (exact) mass is 535 g/mol. The molecule has 0 spiro atoms. The van der Waals surface area contributed by atoms with Crippen LogP contribution in [0.25, 0.3) is 11.7 Å². The third kappa shape index (κ3) is 4.36. The fourth-order valence-electron chi connectivity index (χ4n) is 4.76. The van der Waals surface area contributed by atoms with Crippen LogP contribution in [0.5, 0.6) is 11.5 Å². The number of hydrogen-bond donors (Lipinski definition) is 0. The van der Waals surface area contributed by atoms with Gasteiger partial charge in [-0.3, -0.25) is 23.8 Å². The molecular weight excluding hydrogens is 510 g/mol. The molecule has 37 heavy (non-hydrogen) atoms. The number of thiocarbonyl (C=S) groups is 1. The molecular formula is C26H25N5O4S2. The number of aromatic nitrogens is 2. The van der Waals surface area contributed by atoms with Gasteiger partial charge in [-0.2, -0.15) is 0 Å². The molecule has 0 unspecified atom stereocenters. The number of anilines is 1. The van der Waals surface area contributed by atoms with Gasteiger partial charge in [0.15, 0.2) is 11.5 Å². The highest BCUT2D eigenvalue weighted by Crippen LogP contribution is 2.34. The average molecular weight is 536 g/mol. The highest BCUT2D eigenvalue weighted by molar-refractivity contribution is 8.26. The number of fused-ring (bicyclic) bond motifs is 2. The maximum Gasteiger partial charge on any atom is 0.267 e. The third-order valence-electron chi connectivity index (χ3n) is 6.84. The highest BCUT2D eigenvalue weighted by atomic mass is 32.2. The molecule has 2 saturated heterocycles. The predicted molar refractivity (Wildman–Crippen MR) is 147 cm³/mol. The lowest BCUT2D eigenvalue weighted by atomic mass is 10.1. The van der Waals surface area contributed by atoms with E-state index in [0.29, 0.717) is 39.3 Å². The molecule has 6 rings (SSSR count). The summed E-state index contributed by atoms with van der Waals surface area (Å²) in [6.07, 6.45) is 3.37. The minimum Gasteiger partial charge on any atom is -0.454 e. The number of carbonyl (C=O) groups is 1. The van der Waals surface area contributed by atoms with Gasteiger partial charge in [-0.1, -0.05) is 36.1 Å². The van der Waals surface area contributed by atoms with Crippen LogP contribution in [-0.2, 0) is 11.3 Å². The van der Waals surface area contributed by atoms with Gasteiger partial charge in [-0.05, 0) is 42.3 Å². The molecule has 2 fully saturated rings. The Kier molecular flexibility index (Phi) is 6.13. The first-order valence-electron chi connectivity index (χ1n) is 12.0. The minimum absolute atomic E-state index is 0.201. The molecule has 3 aliphatic rings. The summed E-state index contributed by atoms with van der Waals surface area (Å²) in [6, 6.07) is 9.82. The SMILES string of the molecule is Cc1cccn2c(=O)c(/C=C3\SC(=S)N(C)C3=O)c(N3CCN(Cc4ccc5c(c4)OCO5)CC3)nc12. The van der Waals surface area contributed by atoms with Gasteiger partial charge in [0.25, 0.3) is 11.5 Å². The summed E-state index contributed by atoms with van der Waals surface area (Å²) in [6.45, 7) is 6.02. The van der Waals surface area contributed by atoms with E-state index in [0.717, 1.165) is 42.3 Å². The number of pyridine rings is 1. The summed E-state index contributed by atoms with van der Waals surface area (Å²) < 4.78 is 13.0. The lowest BCUT2D eigenvalue weighted by Crippen LogP contribution is -2.47. The van der Waals surface area contributed by atoms with Crippen molar-refractivity contribution in [3.8, 4) is 11.5 Å². The van der Waals surface area contributed by atoms with E-state index in [4.69, 9.17) is 26.7 Å². The van der Waals surface area contributed by atoms with E-state index in [-0.39, 0.29) is 18.3 Å². The maximum absolute atomic E-state index is 13.7. The van der Waals surface area contributed by atoms with Crippen LogP contribution in [0, 0.1) is 6.92 Å². The second-order valence-electron chi connectivity index (χ2n) is 9.23. The van der Waals surface area contributed by atoms with Crippen LogP contribution in [0.15, 0.2) is 46.2 Å². The minimum atomic E-state index is -0.205. The highest BCUT2D eigenvalue weighted by Gasteiger charge is 2.31. The summed E-state index contributed by atoms with van der Waals surface area (Å²) in [4.78, 5) is 37.7. The summed E-state index contributed by atoms with van der Waals surface area (Å²) in [5, 5.41) is 0. The van der Waals surface area contributed by atoms with Crippen LogP contribution in [0.1, 0.15) is 16.7 Å². The fraction of sp³-hybridized carbons (Fsp3) is 0.308. The standard InChI is InChI=1S/C26H25N5O4S2/c1-16-4-3-7-31-22(16)27-23(18(24(31)32)13-21-25(33)28(2)26(36)37-21)30-10-8-29(9-11-30)14-17-5-6-19-20(12-17)35-15-34-19/h3-7,12-13H,8-11,14-15H2,1-2H3/b21-13-. The zero-order chi connectivity index (χ0) is 25.7. The molecule has 1 amide bonds. The van der Waals surface area contributed by atoms with Crippen molar-refractivity contribution in [2.75, 3.05) is 44.9 Å². The molecule has 1 aromatic carbocycles. The number of amides is 1. The molecule has 0 aliphatic carbocycles. The Balaban J connectivity index is 1.30. The van der Waals surface area contributed by atoms with Gasteiger partial charge >= 0.3 is 0 Å². The van der Waals surface area contributed by atoms with Crippen molar-refractivity contribution in [2.24, 2.45) is 0 Å². The smallest absolute Gasteiger partial charge is 0.267 e. The number of thioether (sulfide) groups is 1. The van der Waals surface area contributed by atoms with Crippen LogP contribution < -0.4 is 19.9 Å². The van der Waals surface area contributed by atoms with Gasteiger partial charge in [0, 0.05) is 46.0 Å². The van der Waals surface area contributed by atoms with E-state index in [2.05, 4.69) is 15.9 Å². The molecule has 0 saturated carbocycles. The first kappa shape index (κ1) is 24.0. The lowest BCUT2D eigenvalue weighted by Gasteiger charge is -2.36. The first-order valence-corrected chi connectivity index (χ1v) is 13.2. The van der Waals surface area contributed by atoms with Crippen LogP contribution in [-0.4, -0.2) is 69.4 Å². The Morgan fingerprint density at radius 1 is 1.11 bits per heavy atom. The Bertz CT molecular complexity index is 1530. The van der Waals surface area contributed by atoms with Crippen molar-refractivity contribution in [2.45, 2.75) is 13.5 Å². The van der Waals surface area contributed by atoms with Crippen molar-refractivity contribution in [3.05, 3.63) is 68.5 Å². The largest absolute Gasteiger partial charge is 0.454 e. The predicted octanol–water partition coefficient (Wildman–Crippen LogP) is 2.88. The van der Waals surface area contributed by atoms with Crippen molar-refractivity contribution >= 4 is 51.7 Å². The number of carbonyl (C=O) groups excluding carboxylic acids is 1. The summed E-state index contributed by atoms with van der Waals surface area (Å²) in [5.74, 6) is 1.96. The second kappa shape index (κ2) is 9.47. The van der Waals surface area contributed by atoms with Crippen LogP contribution in [0.4, 0.5) is 5.82 Å². The fourth-order valence-corrected chi connectivity index (χ4v) is 5.92. The number of ether oxygens (including phenoxy) is 2. The van der Waals surface area contributed by atoms with Gasteiger partial charge in [-0.15, -0.1) is 0 Å². The van der Waals surface area contributed by atoms with E-state index < -0.39 is 0 Å². The number of nitrogens with zero attached hydrogens (tertiary/aromatic N) is 5. The van der Waals surface area contributed by atoms with E-state index in [1.807, 2.05) is 31.2 Å². The van der Waals surface area contributed by atoms with Gasteiger partial charge < -0.3 is 14.4 Å². The molecule has 5 heterocycles. The van der Waals surface area contributed by atoms with Gasteiger partial charge in [-0.25, -0.2) is 4.98 Å². The molecule has 9 nitrogen and oxygen atoms in total. The average Bonchev–Trinajstić information content (AvgIpc) is 3.46. The van der Waals surface area contributed by atoms with Crippen molar-refractivity contribution in [1.82, 2.24) is 19.2 Å². The molecule has 190 valence electrons. The molecule has 3 aliphatic heterocycles. The molecule has 0 bridgehead atoms. The first-order chi connectivity index (χ1) is 17.9. The maximum atomic E-state index is 13.7. The van der Waals surface area contributed by atoms with Crippen molar-refractivity contribution < 1.29 is 14.3 Å². The van der Waals surface area contributed by atoms with E-state index in [1.165, 1.54) is 16.7 Å². The summed E-state index contributed by atoms with van der Waals surface area (Å²) >= 11 is 6.49. The third-order valence-corrected chi connectivity index (χ3v) is 8.33. The summed E-state index contributed by atoms with van der Waals surface area (Å²) in [7, 11) is 1.65. The molecule has 11 heteroatoms. The second-order valence-corrected chi connectivity index (χ2v) is 10.9. The zero-order valence-corrected chi connectivity index (χ0v) is 22.1. The molecule has 0 radical (unpaired) electrons. The Morgan fingerprint density at radius 2 is 1.89 bits per heavy atom. The number of piperazine rings is 1. The topological polar surface area (TPSA) is 79.6 Å². The number of rotatable bonds is 4. The molecule has 0 atom stereocenters. The van der Waals surface area contributed by atoms with E-state index >= 15 is 0 Å². The van der Waals surface area contributed by atoms with Gasteiger partial charge in [0.1, 0.15) is 15.8 Å². The Hall–Kier alpha value is -3.41. The molecule has 0 N–H and O–H groups in total. The normalized spacial score (nSPS) is 19.0. The molecule has 2 aromatic heterocycles. The van der Waals surface area contributed by atoms with Crippen molar-refractivity contribution in [3.63, 3.8) is 0 Å². The zero-order valence-electron chi connectivity index (χ0n) is 20.5. The quantitative estimate of drug-likeness (QED) is 0.370. The number of benzene rings is 1. The van der Waals surface area contributed by atoms with Gasteiger partial charge in [0.05, 0.1) is 10.5 Å². The van der Waals surface area contributed by atoms with Gasteiger partial charge in [0.2, 0.25) is 6.79 Å². The molecule has 3 aromatic rings. The van der Waals surface area contributed by atoms with E-state index in [9.17, 15) is 9.59 Å².